The van der Waals surface area contributed by atoms with E-state index in [0.717, 1.165) is 48.3 Å². The molecule has 0 aliphatic carbocycles. The Balaban J connectivity index is 1.78. The molecule has 0 atom stereocenters. The summed E-state index contributed by atoms with van der Waals surface area (Å²) in [6.07, 6.45) is 5.40. The second kappa shape index (κ2) is 6.31. The van der Waals surface area contributed by atoms with E-state index < -0.39 is 0 Å². The quantitative estimate of drug-likeness (QED) is 0.790. The van der Waals surface area contributed by atoms with Gasteiger partial charge in [0, 0.05) is 25.8 Å². The zero-order chi connectivity index (χ0) is 17.4. The van der Waals surface area contributed by atoms with Crippen molar-refractivity contribution in [2.45, 2.75) is 26.2 Å². The van der Waals surface area contributed by atoms with E-state index in [0.29, 0.717) is 11.6 Å². The third kappa shape index (κ3) is 3.01. The molecular formula is C18H21FN6. The molecule has 3 aromatic rings. The number of fused-ring (bicyclic) bond motifs is 1. The minimum Gasteiger partial charge on any atom is -0.356 e. The number of nitrogens with zero attached hydrogens (tertiary/aromatic N) is 5. The topological polar surface area (TPSA) is 58.9 Å². The van der Waals surface area contributed by atoms with Crippen molar-refractivity contribution in [3.8, 4) is 0 Å². The number of aromatic nitrogens is 4. The van der Waals surface area contributed by atoms with Crippen LogP contribution in [0.5, 0.6) is 0 Å². The lowest BCUT2D eigenvalue weighted by atomic mass is 10.1. The Bertz CT molecular complexity index is 913. The van der Waals surface area contributed by atoms with Gasteiger partial charge in [-0.05, 0) is 43.9 Å². The summed E-state index contributed by atoms with van der Waals surface area (Å²) in [5.41, 5.74) is 2.38. The number of hydrogen-bond acceptors (Lipinski definition) is 5. The van der Waals surface area contributed by atoms with Gasteiger partial charge in [-0.15, -0.1) is 0 Å². The average molecular weight is 340 g/mol. The van der Waals surface area contributed by atoms with Crippen molar-refractivity contribution >= 4 is 28.5 Å². The summed E-state index contributed by atoms with van der Waals surface area (Å²) >= 11 is 0. The van der Waals surface area contributed by atoms with Crippen molar-refractivity contribution in [1.82, 2.24) is 19.7 Å². The molecule has 0 amide bonds. The molecule has 2 aromatic heterocycles. The maximum atomic E-state index is 13.6. The minimum atomic E-state index is -0.286. The number of aryl methyl sites for hydroxylation is 2. The SMILES string of the molecule is Cc1ccc(F)cc1Nc1nc(N2CCCCC2)c2cnn(C)c2n1. The number of halogens is 1. The standard InChI is InChI=1S/C18H21FN6/c1-12-6-7-13(19)10-15(12)21-18-22-16-14(11-20-24(16)2)17(23-18)25-8-4-3-5-9-25/h6-7,10-11H,3-5,8-9H2,1-2H3,(H,21,22,23). The third-order valence-corrected chi connectivity index (χ3v) is 4.67. The molecule has 6 nitrogen and oxygen atoms in total. The van der Waals surface area contributed by atoms with Gasteiger partial charge in [-0.2, -0.15) is 15.1 Å². The lowest BCUT2D eigenvalue weighted by Gasteiger charge is -2.28. The van der Waals surface area contributed by atoms with Crippen LogP contribution in [-0.2, 0) is 7.05 Å². The molecule has 7 heteroatoms. The molecule has 25 heavy (non-hydrogen) atoms. The molecule has 0 radical (unpaired) electrons. The van der Waals surface area contributed by atoms with Crippen LogP contribution in [0.1, 0.15) is 24.8 Å². The molecule has 0 spiro atoms. The highest BCUT2D eigenvalue weighted by Crippen LogP contribution is 2.29. The second-order valence-electron chi connectivity index (χ2n) is 6.51. The monoisotopic (exact) mass is 340 g/mol. The zero-order valence-electron chi connectivity index (χ0n) is 14.5. The van der Waals surface area contributed by atoms with Gasteiger partial charge in [-0.25, -0.2) is 4.39 Å². The molecule has 1 aliphatic rings. The van der Waals surface area contributed by atoms with Gasteiger partial charge in [0.25, 0.3) is 0 Å². The molecule has 1 saturated heterocycles. The highest BCUT2D eigenvalue weighted by atomic mass is 19.1. The first-order valence-electron chi connectivity index (χ1n) is 8.60. The van der Waals surface area contributed by atoms with Gasteiger partial charge in [0.1, 0.15) is 11.6 Å². The van der Waals surface area contributed by atoms with E-state index in [-0.39, 0.29) is 5.82 Å². The lowest BCUT2D eigenvalue weighted by molar-refractivity contribution is 0.575. The first-order valence-corrected chi connectivity index (χ1v) is 8.60. The molecule has 1 N–H and O–H groups in total. The predicted molar refractivity (Wildman–Crippen MR) is 96.8 cm³/mol. The number of rotatable bonds is 3. The Morgan fingerprint density at radius 3 is 2.72 bits per heavy atom. The van der Waals surface area contributed by atoms with Crippen LogP contribution in [0.25, 0.3) is 11.0 Å². The second-order valence-corrected chi connectivity index (χ2v) is 6.51. The zero-order valence-corrected chi connectivity index (χ0v) is 14.5. The predicted octanol–water partition coefficient (Wildman–Crippen LogP) is 3.54. The fourth-order valence-corrected chi connectivity index (χ4v) is 3.26. The molecule has 0 unspecified atom stereocenters. The number of nitrogens with one attached hydrogen (secondary N) is 1. The van der Waals surface area contributed by atoms with Crippen LogP contribution in [0.4, 0.5) is 21.8 Å². The van der Waals surface area contributed by atoms with Gasteiger partial charge >= 0.3 is 0 Å². The molecular weight excluding hydrogens is 319 g/mol. The summed E-state index contributed by atoms with van der Waals surface area (Å²) in [6, 6.07) is 4.66. The third-order valence-electron chi connectivity index (χ3n) is 4.67. The summed E-state index contributed by atoms with van der Waals surface area (Å²) in [5.74, 6) is 1.07. The van der Waals surface area contributed by atoms with Gasteiger partial charge in [0.2, 0.25) is 5.95 Å². The van der Waals surface area contributed by atoms with Crippen molar-refractivity contribution in [2.75, 3.05) is 23.3 Å². The molecule has 1 aliphatic heterocycles. The van der Waals surface area contributed by atoms with Crippen molar-refractivity contribution in [1.29, 1.82) is 0 Å². The fourth-order valence-electron chi connectivity index (χ4n) is 3.26. The van der Waals surface area contributed by atoms with Crippen molar-refractivity contribution in [3.05, 3.63) is 35.8 Å². The summed E-state index contributed by atoms with van der Waals surface area (Å²) < 4.78 is 15.3. The molecule has 4 rings (SSSR count). The van der Waals surface area contributed by atoms with Crippen molar-refractivity contribution in [3.63, 3.8) is 0 Å². The smallest absolute Gasteiger partial charge is 0.231 e. The van der Waals surface area contributed by atoms with Gasteiger partial charge in [-0.1, -0.05) is 6.07 Å². The molecule has 1 aromatic carbocycles. The van der Waals surface area contributed by atoms with Crippen LogP contribution in [0.15, 0.2) is 24.4 Å². The summed E-state index contributed by atoms with van der Waals surface area (Å²) in [4.78, 5) is 11.6. The van der Waals surface area contributed by atoms with Crippen LogP contribution < -0.4 is 10.2 Å². The van der Waals surface area contributed by atoms with Crippen LogP contribution in [0.3, 0.4) is 0 Å². The van der Waals surface area contributed by atoms with Crippen LogP contribution in [0.2, 0.25) is 0 Å². The van der Waals surface area contributed by atoms with Crippen LogP contribution in [0, 0.1) is 12.7 Å². The molecule has 0 saturated carbocycles. The first-order chi connectivity index (χ1) is 12.1. The summed E-state index contributed by atoms with van der Waals surface area (Å²) in [5, 5.41) is 8.45. The van der Waals surface area contributed by atoms with E-state index in [4.69, 9.17) is 4.98 Å². The Hall–Kier alpha value is -2.70. The van der Waals surface area contributed by atoms with E-state index in [9.17, 15) is 4.39 Å². The lowest BCUT2D eigenvalue weighted by Crippen LogP contribution is -2.30. The number of hydrogen-bond donors (Lipinski definition) is 1. The van der Waals surface area contributed by atoms with Gasteiger partial charge in [0.05, 0.1) is 11.6 Å². The molecule has 1 fully saturated rings. The van der Waals surface area contributed by atoms with Gasteiger partial charge in [0.15, 0.2) is 5.65 Å². The number of anilines is 3. The van der Waals surface area contributed by atoms with E-state index in [1.807, 2.05) is 20.2 Å². The van der Waals surface area contributed by atoms with E-state index in [1.165, 1.54) is 18.6 Å². The van der Waals surface area contributed by atoms with E-state index >= 15 is 0 Å². The maximum Gasteiger partial charge on any atom is 0.231 e. The minimum absolute atomic E-state index is 0.286. The van der Waals surface area contributed by atoms with Gasteiger partial charge in [-0.3, -0.25) is 4.68 Å². The molecule has 130 valence electrons. The molecule has 3 heterocycles. The average Bonchev–Trinajstić information content (AvgIpc) is 2.99. The van der Waals surface area contributed by atoms with E-state index in [2.05, 4.69) is 20.3 Å². The summed E-state index contributed by atoms with van der Waals surface area (Å²) in [6.45, 7) is 3.90. The Morgan fingerprint density at radius 1 is 1.12 bits per heavy atom. The Labute approximate surface area is 145 Å². The first kappa shape index (κ1) is 15.8. The van der Waals surface area contributed by atoms with Crippen LogP contribution >= 0.6 is 0 Å². The molecule has 0 bridgehead atoms. The highest BCUT2D eigenvalue weighted by molar-refractivity contribution is 5.88. The van der Waals surface area contributed by atoms with Crippen molar-refractivity contribution in [2.24, 2.45) is 7.05 Å². The number of piperidine rings is 1. The van der Waals surface area contributed by atoms with Crippen molar-refractivity contribution < 1.29 is 4.39 Å². The largest absolute Gasteiger partial charge is 0.356 e. The fraction of sp³-hybridized carbons (Fsp3) is 0.389. The highest BCUT2D eigenvalue weighted by Gasteiger charge is 2.19. The van der Waals surface area contributed by atoms with Crippen LogP contribution in [-0.4, -0.2) is 32.8 Å². The van der Waals surface area contributed by atoms with Gasteiger partial charge < -0.3 is 10.2 Å². The normalized spacial score (nSPS) is 14.9. The summed E-state index contributed by atoms with van der Waals surface area (Å²) in [7, 11) is 1.87. The van der Waals surface area contributed by atoms with E-state index in [1.54, 1.807) is 10.7 Å². The Kier molecular flexibility index (Phi) is 3.99. The number of benzene rings is 1. The Morgan fingerprint density at radius 2 is 1.92 bits per heavy atom. The maximum absolute atomic E-state index is 13.6.